The second kappa shape index (κ2) is 7.30. The maximum Gasteiger partial charge on any atom is 0.573 e. The number of carbonyl (C=O) groups excluding carboxylic acids is 2. The van der Waals surface area contributed by atoms with E-state index >= 15 is 0 Å². The van der Waals surface area contributed by atoms with Crippen LogP contribution in [0.3, 0.4) is 0 Å². The van der Waals surface area contributed by atoms with E-state index in [4.69, 9.17) is 0 Å². The Labute approximate surface area is 153 Å². The van der Waals surface area contributed by atoms with Gasteiger partial charge in [-0.05, 0) is 60.9 Å². The molecule has 1 amide bonds. The first-order valence-electron chi connectivity index (χ1n) is 8.17. The van der Waals surface area contributed by atoms with Crippen LogP contribution in [0.2, 0.25) is 0 Å². The van der Waals surface area contributed by atoms with E-state index in [9.17, 15) is 22.8 Å². The quantitative estimate of drug-likeness (QED) is 0.758. The summed E-state index contributed by atoms with van der Waals surface area (Å²) < 4.78 is 45.8. The van der Waals surface area contributed by atoms with E-state index in [-0.39, 0.29) is 11.7 Å². The molecule has 0 atom stereocenters. The molecule has 1 aliphatic rings. The average Bonchev–Trinajstić information content (AvgIpc) is 2.65. The Hall–Kier alpha value is -3.03. The number of esters is 1. The number of anilines is 1. The molecule has 0 saturated carbocycles. The molecule has 0 spiro atoms. The summed E-state index contributed by atoms with van der Waals surface area (Å²) in [5.41, 5.74) is 1.86. The summed E-state index contributed by atoms with van der Waals surface area (Å²) in [4.78, 5) is 25.8. The minimum Gasteiger partial charge on any atom is -0.465 e. The van der Waals surface area contributed by atoms with E-state index in [1.807, 2.05) is 0 Å². The maximum atomic E-state index is 12.8. The van der Waals surface area contributed by atoms with E-state index in [1.54, 1.807) is 0 Å². The van der Waals surface area contributed by atoms with Gasteiger partial charge in [0.15, 0.2) is 0 Å². The van der Waals surface area contributed by atoms with E-state index in [0.717, 1.165) is 0 Å². The van der Waals surface area contributed by atoms with Gasteiger partial charge in [-0.15, -0.1) is 13.2 Å². The van der Waals surface area contributed by atoms with Crippen molar-refractivity contribution in [3.8, 4) is 5.75 Å². The van der Waals surface area contributed by atoms with Gasteiger partial charge in [0.05, 0.1) is 12.7 Å². The molecule has 0 fully saturated rings. The first-order valence-corrected chi connectivity index (χ1v) is 8.17. The van der Waals surface area contributed by atoms with Gasteiger partial charge in [-0.1, -0.05) is 0 Å². The van der Waals surface area contributed by atoms with Crippen LogP contribution < -0.4 is 9.64 Å². The van der Waals surface area contributed by atoms with Crippen molar-refractivity contribution in [3.05, 3.63) is 59.2 Å². The van der Waals surface area contributed by atoms with Gasteiger partial charge in [0.25, 0.3) is 5.91 Å². The number of ether oxygens (including phenoxy) is 2. The molecule has 27 heavy (non-hydrogen) atoms. The van der Waals surface area contributed by atoms with Crippen molar-refractivity contribution in [1.29, 1.82) is 0 Å². The molecular weight excluding hydrogens is 363 g/mol. The van der Waals surface area contributed by atoms with Crippen molar-refractivity contribution in [2.75, 3.05) is 18.6 Å². The zero-order valence-corrected chi connectivity index (χ0v) is 14.4. The number of benzene rings is 2. The molecule has 2 aromatic rings. The minimum atomic E-state index is -4.76. The highest BCUT2D eigenvalue weighted by atomic mass is 19.4. The lowest BCUT2D eigenvalue weighted by molar-refractivity contribution is -0.274. The van der Waals surface area contributed by atoms with Crippen molar-refractivity contribution in [3.63, 3.8) is 0 Å². The number of fused-ring (bicyclic) bond motifs is 1. The number of nitrogens with zero attached hydrogens (tertiary/aromatic N) is 1. The molecule has 0 aliphatic carbocycles. The second-order valence-corrected chi connectivity index (χ2v) is 5.97. The van der Waals surface area contributed by atoms with Gasteiger partial charge < -0.3 is 14.4 Å². The molecule has 2 aromatic carbocycles. The number of halogens is 3. The smallest absolute Gasteiger partial charge is 0.465 e. The van der Waals surface area contributed by atoms with E-state index in [0.29, 0.717) is 41.8 Å². The summed E-state index contributed by atoms with van der Waals surface area (Å²) in [6.45, 7) is 0.448. The van der Waals surface area contributed by atoms with Crippen LogP contribution >= 0.6 is 0 Å². The zero-order valence-electron chi connectivity index (χ0n) is 14.4. The zero-order chi connectivity index (χ0) is 19.6. The number of hydrogen-bond acceptors (Lipinski definition) is 4. The molecule has 0 aromatic heterocycles. The van der Waals surface area contributed by atoms with Crippen molar-refractivity contribution >= 4 is 17.6 Å². The molecular formula is C19H16F3NO4. The first kappa shape index (κ1) is 18.8. The lowest BCUT2D eigenvalue weighted by atomic mass is 10.00. The van der Waals surface area contributed by atoms with E-state index < -0.39 is 12.3 Å². The van der Waals surface area contributed by atoms with Gasteiger partial charge in [0.2, 0.25) is 0 Å². The van der Waals surface area contributed by atoms with Crippen LogP contribution in [0.4, 0.5) is 18.9 Å². The summed E-state index contributed by atoms with van der Waals surface area (Å²) in [6.07, 6.45) is -3.59. The topological polar surface area (TPSA) is 55.8 Å². The number of rotatable bonds is 3. The summed E-state index contributed by atoms with van der Waals surface area (Å²) in [5.74, 6) is -1.11. The summed E-state index contributed by atoms with van der Waals surface area (Å²) in [5, 5.41) is 0. The second-order valence-electron chi connectivity index (χ2n) is 5.97. The SMILES string of the molecule is COC(=O)c1ccc(C(=O)N2CCCc3cc(OC(F)(F)F)ccc32)cc1. The fraction of sp³-hybridized carbons (Fsp3) is 0.263. The number of alkyl halides is 3. The molecule has 5 nitrogen and oxygen atoms in total. The Morgan fingerprint density at radius 2 is 1.70 bits per heavy atom. The normalized spacial score (nSPS) is 13.7. The summed E-state index contributed by atoms with van der Waals surface area (Å²) >= 11 is 0. The minimum absolute atomic E-state index is 0.295. The maximum absolute atomic E-state index is 12.8. The van der Waals surface area contributed by atoms with Crippen LogP contribution in [0.25, 0.3) is 0 Å². The number of hydrogen-bond donors (Lipinski definition) is 0. The lowest BCUT2D eigenvalue weighted by Gasteiger charge is -2.30. The van der Waals surface area contributed by atoms with Crippen LogP contribution in [0.15, 0.2) is 42.5 Å². The molecule has 1 aliphatic heterocycles. The molecule has 0 saturated heterocycles. The monoisotopic (exact) mass is 379 g/mol. The molecule has 3 rings (SSSR count). The standard InChI is InChI=1S/C19H16F3NO4/c1-26-18(25)13-6-4-12(5-7-13)17(24)23-10-2-3-14-11-15(8-9-16(14)23)27-19(20,21)22/h4-9,11H,2-3,10H2,1H3. The van der Waals surface area contributed by atoms with Gasteiger partial charge in [-0.3, -0.25) is 4.79 Å². The van der Waals surface area contributed by atoms with E-state index in [2.05, 4.69) is 9.47 Å². The predicted octanol–water partition coefficient (Wildman–Crippen LogP) is 3.96. The molecule has 0 radical (unpaired) electrons. The number of carbonyl (C=O) groups is 2. The van der Waals surface area contributed by atoms with Crippen molar-refractivity contribution in [1.82, 2.24) is 0 Å². The van der Waals surface area contributed by atoms with Gasteiger partial charge in [-0.2, -0.15) is 0 Å². The lowest BCUT2D eigenvalue weighted by Crippen LogP contribution is -2.35. The van der Waals surface area contributed by atoms with Crippen LogP contribution in [-0.4, -0.2) is 31.9 Å². The highest BCUT2D eigenvalue weighted by Gasteiger charge is 2.32. The Kier molecular flexibility index (Phi) is 5.07. The van der Waals surface area contributed by atoms with E-state index in [1.165, 1.54) is 54.5 Å². The average molecular weight is 379 g/mol. The fourth-order valence-corrected chi connectivity index (χ4v) is 3.00. The van der Waals surface area contributed by atoms with Crippen molar-refractivity contribution in [2.45, 2.75) is 19.2 Å². The molecule has 1 heterocycles. The van der Waals surface area contributed by atoms with Crippen LogP contribution in [0.1, 0.15) is 32.7 Å². The number of aryl methyl sites for hydroxylation is 1. The highest BCUT2D eigenvalue weighted by Crippen LogP contribution is 2.33. The largest absolute Gasteiger partial charge is 0.573 e. The fourth-order valence-electron chi connectivity index (χ4n) is 3.00. The summed E-state index contributed by atoms with van der Waals surface area (Å²) in [7, 11) is 1.27. The number of amides is 1. The molecule has 0 unspecified atom stereocenters. The number of methoxy groups -OCH3 is 1. The van der Waals surface area contributed by atoms with Crippen molar-refractivity contribution < 1.29 is 32.2 Å². The molecule has 8 heteroatoms. The van der Waals surface area contributed by atoms with Gasteiger partial charge in [-0.25, -0.2) is 4.79 Å². The van der Waals surface area contributed by atoms with Crippen LogP contribution in [-0.2, 0) is 11.2 Å². The van der Waals surface area contributed by atoms with Crippen molar-refractivity contribution in [2.24, 2.45) is 0 Å². The first-order chi connectivity index (χ1) is 12.8. The third kappa shape index (κ3) is 4.21. The Bertz CT molecular complexity index is 862. The molecule has 0 N–H and O–H groups in total. The highest BCUT2D eigenvalue weighted by molar-refractivity contribution is 6.07. The van der Waals surface area contributed by atoms with Gasteiger partial charge in [0.1, 0.15) is 5.75 Å². The Morgan fingerprint density at radius 1 is 1.04 bits per heavy atom. The third-order valence-corrected chi connectivity index (χ3v) is 4.20. The third-order valence-electron chi connectivity index (χ3n) is 4.20. The van der Waals surface area contributed by atoms with Gasteiger partial charge >= 0.3 is 12.3 Å². The molecule has 142 valence electrons. The molecule has 0 bridgehead atoms. The van der Waals surface area contributed by atoms with Gasteiger partial charge in [0, 0.05) is 17.8 Å². The predicted molar refractivity (Wildman–Crippen MR) is 90.9 cm³/mol. The Balaban J connectivity index is 1.84. The van der Waals surface area contributed by atoms with Crippen LogP contribution in [0, 0.1) is 0 Å². The summed E-state index contributed by atoms with van der Waals surface area (Å²) in [6, 6.07) is 9.97. The van der Waals surface area contributed by atoms with Crippen LogP contribution in [0.5, 0.6) is 5.75 Å². The Morgan fingerprint density at radius 3 is 2.33 bits per heavy atom.